The van der Waals surface area contributed by atoms with E-state index in [1.165, 1.54) is 11.1 Å². The maximum absolute atomic E-state index is 12.1. The number of guanidine groups is 1. The average molecular weight is 492 g/mol. The van der Waals surface area contributed by atoms with Crippen molar-refractivity contribution in [3.05, 3.63) is 71.8 Å². The summed E-state index contributed by atoms with van der Waals surface area (Å²) >= 11 is 0. The van der Waals surface area contributed by atoms with E-state index in [4.69, 9.17) is 0 Å². The van der Waals surface area contributed by atoms with Gasteiger partial charge in [-0.3, -0.25) is 9.79 Å². The molecule has 3 rings (SSSR count). The van der Waals surface area contributed by atoms with Crippen molar-refractivity contribution in [2.24, 2.45) is 4.99 Å². The first kappa shape index (κ1) is 22.2. The summed E-state index contributed by atoms with van der Waals surface area (Å²) in [6, 6.07) is 20.8. The molecular formula is C22H29IN4O. The summed E-state index contributed by atoms with van der Waals surface area (Å²) in [4.78, 5) is 18.7. The van der Waals surface area contributed by atoms with Gasteiger partial charge in [0.1, 0.15) is 0 Å². The first-order valence-corrected chi connectivity index (χ1v) is 9.57. The predicted molar refractivity (Wildman–Crippen MR) is 125 cm³/mol. The second-order valence-corrected chi connectivity index (χ2v) is 6.83. The zero-order chi connectivity index (χ0) is 18.9. The van der Waals surface area contributed by atoms with Crippen molar-refractivity contribution in [2.45, 2.75) is 18.8 Å². The molecule has 1 saturated heterocycles. The van der Waals surface area contributed by atoms with Gasteiger partial charge in [0.15, 0.2) is 5.96 Å². The van der Waals surface area contributed by atoms with Crippen LogP contribution in [0.25, 0.3) is 0 Å². The van der Waals surface area contributed by atoms with Crippen LogP contribution >= 0.6 is 24.0 Å². The summed E-state index contributed by atoms with van der Waals surface area (Å²) in [5.74, 6) is 1.31. The lowest BCUT2D eigenvalue weighted by molar-refractivity contribution is -0.120. The average Bonchev–Trinajstić information content (AvgIpc) is 3.20. The quantitative estimate of drug-likeness (QED) is 0.371. The fourth-order valence-electron chi connectivity index (χ4n) is 3.49. The molecule has 0 radical (unpaired) electrons. The van der Waals surface area contributed by atoms with Crippen molar-refractivity contribution in [3.8, 4) is 0 Å². The highest BCUT2D eigenvalue weighted by Crippen LogP contribution is 2.26. The van der Waals surface area contributed by atoms with E-state index in [-0.39, 0.29) is 36.4 Å². The zero-order valence-corrected chi connectivity index (χ0v) is 18.6. The van der Waals surface area contributed by atoms with Gasteiger partial charge in [-0.05, 0) is 24.0 Å². The van der Waals surface area contributed by atoms with Crippen molar-refractivity contribution in [3.63, 3.8) is 0 Å². The standard InChI is InChI=1S/C22H28N4O.HI/c1-23-22(26-15-13-20(17-26)19-10-6-3-7-11-19)25-16-21(27)24-14-12-18-8-4-2-5-9-18;/h2-11,20H,12-17H2,1H3,(H,23,25)(H,24,27);1H. The molecule has 0 aromatic heterocycles. The molecule has 6 heteroatoms. The minimum absolute atomic E-state index is 0. The molecule has 1 aliphatic heterocycles. The number of hydrogen-bond acceptors (Lipinski definition) is 2. The van der Waals surface area contributed by atoms with Gasteiger partial charge < -0.3 is 15.5 Å². The monoisotopic (exact) mass is 492 g/mol. The van der Waals surface area contributed by atoms with E-state index in [1.54, 1.807) is 7.05 Å². The Morgan fingerprint density at radius 3 is 2.43 bits per heavy atom. The highest BCUT2D eigenvalue weighted by atomic mass is 127. The van der Waals surface area contributed by atoms with E-state index in [1.807, 2.05) is 24.3 Å². The van der Waals surface area contributed by atoms with Gasteiger partial charge in [-0.1, -0.05) is 60.7 Å². The minimum Gasteiger partial charge on any atom is -0.354 e. The lowest BCUT2D eigenvalue weighted by Gasteiger charge is -2.21. The van der Waals surface area contributed by atoms with Gasteiger partial charge in [0.05, 0.1) is 6.54 Å². The molecule has 150 valence electrons. The first-order chi connectivity index (χ1) is 13.3. The van der Waals surface area contributed by atoms with E-state index in [0.29, 0.717) is 12.5 Å². The lowest BCUT2D eigenvalue weighted by Crippen LogP contribution is -2.44. The molecular weight excluding hydrogens is 463 g/mol. The summed E-state index contributed by atoms with van der Waals surface area (Å²) in [5.41, 5.74) is 2.60. The Balaban J connectivity index is 0.00000280. The van der Waals surface area contributed by atoms with Gasteiger partial charge >= 0.3 is 0 Å². The van der Waals surface area contributed by atoms with Crippen LogP contribution in [0.5, 0.6) is 0 Å². The van der Waals surface area contributed by atoms with E-state index in [9.17, 15) is 4.79 Å². The SMILES string of the molecule is CN=C(NCC(=O)NCCc1ccccc1)N1CCC(c2ccccc2)C1.I. The largest absolute Gasteiger partial charge is 0.354 e. The van der Waals surface area contributed by atoms with E-state index < -0.39 is 0 Å². The van der Waals surface area contributed by atoms with Crippen LogP contribution in [0.4, 0.5) is 0 Å². The smallest absolute Gasteiger partial charge is 0.239 e. The number of nitrogens with zero attached hydrogens (tertiary/aromatic N) is 2. The van der Waals surface area contributed by atoms with E-state index in [0.717, 1.165) is 31.9 Å². The molecule has 1 amide bonds. The van der Waals surface area contributed by atoms with Gasteiger partial charge in [0.25, 0.3) is 0 Å². The molecule has 1 heterocycles. The normalized spacial score (nSPS) is 16.4. The number of likely N-dealkylation sites (tertiary alicyclic amines) is 1. The van der Waals surface area contributed by atoms with Gasteiger partial charge in [-0.25, -0.2) is 0 Å². The van der Waals surface area contributed by atoms with Crippen LogP contribution in [-0.2, 0) is 11.2 Å². The van der Waals surface area contributed by atoms with Crippen LogP contribution in [0.2, 0.25) is 0 Å². The molecule has 0 bridgehead atoms. The Morgan fingerprint density at radius 1 is 1.07 bits per heavy atom. The maximum Gasteiger partial charge on any atom is 0.239 e. The topological polar surface area (TPSA) is 56.7 Å². The Kier molecular flexibility index (Phi) is 9.27. The summed E-state index contributed by atoms with van der Waals surface area (Å²) in [6.07, 6.45) is 1.94. The molecule has 28 heavy (non-hydrogen) atoms. The van der Waals surface area contributed by atoms with Crippen molar-refractivity contribution in [2.75, 3.05) is 33.2 Å². The highest BCUT2D eigenvalue weighted by Gasteiger charge is 2.26. The number of carbonyl (C=O) groups is 1. The molecule has 1 aliphatic rings. The third kappa shape index (κ3) is 6.51. The second kappa shape index (κ2) is 11.7. The van der Waals surface area contributed by atoms with E-state index in [2.05, 4.69) is 56.9 Å². The Labute approximate surface area is 184 Å². The number of amides is 1. The number of carbonyl (C=O) groups excluding carboxylic acids is 1. The van der Waals surface area contributed by atoms with Gasteiger partial charge in [0, 0.05) is 32.6 Å². The molecule has 0 aliphatic carbocycles. The van der Waals surface area contributed by atoms with Crippen molar-refractivity contribution in [1.82, 2.24) is 15.5 Å². The Morgan fingerprint density at radius 2 is 1.75 bits per heavy atom. The molecule has 0 saturated carbocycles. The van der Waals surface area contributed by atoms with Crippen LogP contribution in [0.3, 0.4) is 0 Å². The predicted octanol–water partition coefficient (Wildman–Crippen LogP) is 3.03. The molecule has 5 nitrogen and oxygen atoms in total. The van der Waals surface area contributed by atoms with Gasteiger partial charge in [0.2, 0.25) is 5.91 Å². The van der Waals surface area contributed by atoms with Crippen LogP contribution in [0.1, 0.15) is 23.5 Å². The summed E-state index contributed by atoms with van der Waals surface area (Å²) in [7, 11) is 1.77. The minimum atomic E-state index is -0.00844. The molecule has 1 unspecified atom stereocenters. The van der Waals surface area contributed by atoms with Crippen LogP contribution in [0.15, 0.2) is 65.7 Å². The molecule has 2 aromatic rings. The lowest BCUT2D eigenvalue weighted by atomic mass is 9.99. The third-order valence-corrected chi connectivity index (χ3v) is 4.96. The number of benzene rings is 2. The van der Waals surface area contributed by atoms with Gasteiger partial charge in [-0.2, -0.15) is 0 Å². The fourth-order valence-corrected chi connectivity index (χ4v) is 3.49. The number of nitrogens with one attached hydrogen (secondary N) is 2. The third-order valence-electron chi connectivity index (χ3n) is 4.96. The number of halogens is 1. The molecule has 1 fully saturated rings. The van der Waals surface area contributed by atoms with Crippen LogP contribution in [-0.4, -0.2) is 50.0 Å². The number of rotatable bonds is 6. The maximum atomic E-state index is 12.1. The summed E-state index contributed by atoms with van der Waals surface area (Å²) < 4.78 is 0. The van der Waals surface area contributed by atoms with Crippen molar-refractivity contribution in [1.29, 1.82) is 0 Å². The molecule has 1 atom stereocenters. The molecule has 0 spiro atoms. The summed E-state index contributed by atoms with van der Waals surface area (Å²) in [5, 5.41) is 6.16. The highest BCUT2D eigenvalue weighted by molar-refractivity contribution is 14.0. The second-order valence-electron chi connectivity index (χ2n) is 6.83. The zero-order valence-electron chi connectivity index (χ0n) is 16.3. The fraction of sp³-hybridized carbons (Fsp3) is 0.364. The van der Waals surface area contributed by atoms with Gasteiger partial charge in [-0.15, -0.1) is 24.0 Å². The summed E-state index contributed by atoms with van der Waals surface area (Å²) in [6.45, 7) is 2.77. The number of aliphatic imine (C=N–C) groups is 1. The molecule has 2 aromatic carbocycles. The van der Waals surface area contributed by atoms with Crippen molar-refractivity contribution < 1.29 is 4.79 Å². The van der Waals surface area contributed by atoms with Crippen LogP contribution < -0.4 is 10.6 Å². The number of hydrogen-bond donors (Lipinski definition) is 2. The van der Waals surface area contributed by atoms with Crippen molar-refractivity contribution >= 4 is 35.8 Å². The Hall–Kier alpha value is -2.09. The van der Waals surface area contributed by atoms with E-state index >= 15 is 0 Å². The first-order valence-electron chi connectivity index (χ1n) is 9.57. The Bertz CT molecular complexity index is 752. The van der Waals surface area contributed by atoms with Crippen LogP contribution in [0, 0.1) is 0 Å². The molecule has 2 N–H and O–H groups in total.